The van der Waals surface area contributed by atoms with Crippen LogP contribution in [-0.4, -0.2) is 67.4 Å². The maximum absolute atomic E-state index is 14.7. The molecule has 4 aromatic rings. The molecule has 9 rings (SSSR count). The van der Waals surface area contributed by atoms with Crippen molar-refractivity contribution < 1.29 is 28.7 Å². The Morgan fingerprint density at radius 1 is 0.792 bits per heavy atom. The number of halogens is 3. The number of anilines is 1. The van der Waals surface area contributed by atoms with Crippen molar-refractivity contribution in [1.29, 1.82) is 0 Å². The number of fused-ring (bicyclic) bond motifs is 5. The first-order valence-electron chi connectivity index (χ1n) is 18.1. The Morgan fingerprint density at radius 2 is 1.49 bits per heavy atom. The van der Waals surface area contributed by atoms with E-state index < -0.39 is 51.1 Å². The van der Waals surface area contributed by atoms with E-state index >= 15 is 0 Å². The first kappa shape index (κ1) is 34.2. The van der Waals surface area contributed by atoms with Gasteiger partial charge in [0.25, 0.3) is 11.8 Å². The van der Waals surface area contributed by atoms with Crippen molar-refractivity contribution in [2.75, 3.05) is 18.0 Å². The van der Waals surface area contributed by atoms with Crippen LogP contribution in [-0.2, 0) is 25.7 Å². The third-order valence-corrected chi connectivity index (χ3v) is 13.8. The predicted molar refractivity (Wildman–Crippen MR) is 199 cm³/mol. The van der Waals surface area contributed by atoms with Crippen LogP contribution in [0.1, 0.15) is 42.7 Å². The molecule has 11 heteroatoms. The molecule has 4 fully saturated rings. The fourth-order valence-electron chi connectivity index (χ4n) is 9.81. The lowest BCUT2D eigenvalue weighted by atomic mass is 9.56. The highest BCUT2D eigenvalue weighted by Gasteiger charge is 2.77. The highest BCUT2D eigenvalue weighted by molar-refractivity contribution is 6.58. The van der Waals surface area contributed by atoms with Gasteiger partial charge in [-0.1, -0.05) is 78.4 Å². The number of allylic oxidation sites excluding steroid dienone is 2. The molecular weight excluding hydrogens is 716 g/mol. The van der Waals surface area contributed by atoms with Crippen LogP contribution in [0.25, 0.3) is 10.8 Å². The summed E-state index contributed by atoms with van der Waals surface area (Å²) in [5.41, 5.74) is 2.20. The van der Waals surface area contributed by atoms with Gasteiger partial charge in [-0.05, 0) is 66.8 Å². The normalized spacial score (nSPS) is 30.4. The summed E-state index contributed by atoms with van der Waals surface area (Å²) in [5, 5.41) is 13.1. The van der Waals surface area contributed by atoms with Crippen molar-refractivity contribution in [3.05, 3.63) is 120 Å². The average Bonchev–Trinajstić information content (AvgIpc) is 3.51. The topological polar surface area (TPSA) is 98.2 Å². The number of imide groups is 2. The molecule has 3 saturated heterocycles. The fourth-order valence-corrected chi connectivity index (χ4v) is 10.7. The second-order valence-electron chi connectivity index (χ2n) is 15.0. The van der Waals surface area contributed by atoms with Crippen LogP contribution in [0.2, 0.25) is 0 Å². The number of nitrogens with zero attached hydrogens (tertiary/aromatic N) is 3. The van der Waals surface area contributed by atoms with Gasteiger partial charge in [-0.3, -0.25) is 29.0 Å². The third-order valence-electron chi connectivity index (χ3n) is 12.3. The van der Waals surface area contributed by atoms with Crippen molar-refractivity contribution in [2.45, 2.75) is 53.9 Å². The van der Waals surface area contributed by atoms with E-state index in [1.807, 2.05) is 42.5 Å². The van der Waals surface area contributed by atoms with Crippen molar-refractivity contribution in [3.8, 4) is 5.75 Å². The Bertz CT molecular complexity index is 2220. The van der Waals surface area contributed by atoms with Gasteiger partial charge in [0.15, 0.2) is 9.75 Å². The second kappa shape index (κ2) is 12.5. The minimum atomic E-state index is -2.13. The SMILES string of the molecule is O=C1C2CC=C3C(CC4(Cl)C(=O)N(c5ccc(F)cc5)C(=O)C4(Cl)C3c3ccc4ccccc4c3O)C2C(=O)N1C1CCN(Cc2ccccc2)CC1. The van der Waals surface area contributed by atoms with Crippen LogP contribution in [0.3, 0.4) is 0 Å². The van der Waals surface area contributed by atoms with E-state index in [9.17, 15) is 28.7 Å². The van der Waals surface area contributed by atoms with Gasteiger partial charge in [-0.15, -0.1) is 23.2 Å². The standard InChI is InChI=1S/C42H36Cl2FN3O5/c43-41-22-33-30(16-17-31-34(33)38(51)47(37(31)50)28-18-20-46(21-19-28)23-24-6-2-1-3-7-24)35(32-15-10-25-8-4-5-9-29(25)36(32)49)42(41,44)40(53)48(39(41)52)27-13-11-26(45)12-14-27/h1-16,28,31,33-35,49H,17-23H2. The van der Waals surface area contributed by atoms with Crippen LogP contribution in [0.4, 0.5) is 10.1 Å². The molecule has 1 saturated carbocycles. The Morgan fingerprint density at radius 3 is 2.23 bits per heavy atom. The number of hydrogen-bond donors (Lipinski definition) is 1. The van der Waals surface area contributed by atoms with E-state index in [2.05, 4.69) is 17.0 Å². The number of phenols is 1. The van der Waals surface area contributed by atoms with Gasteiger partial charge in [0.2, 0.25) is 11.8 Å². The van der Waals surface area contributed by atoms with Gasteiger partial charge in [0.1, 0.15) is 11.6 Å². The number of carbonyl (C=O) groups excluding carboxylic acids is 4. The van der Waals surface area contributed by atoms with Gasteiger partial charge in [0.05, 0.1) is 17.5 Å². The van der Waals surface area contributed by atoms with E-state index in [0.29, 0.717) is 29.4 Å². The molecule has 6 atom stereocenters. The zero-order chi connectivity index (χ0) is 36.8. The van der Waals surface area contributed by atoms with Gasteiger partial charge >= 0.3 is 0 Å². The van der Waals surface area contributed by atoms with E-state index in [1.54, 1.807) is 18.2 Å². The highest BCUT2D eigenvalue weighted by Crippen LogP contribution is 2.66. The maximum atomic E-state index is 14.7. The second-order valence-corrected chi connectivity index (χ2v) is 16.3. The molecule has 5 aliphatic rings. The summed E-state index contributed by atoms with van der Waals surface area (Å²) in [5.74, 6) is -6.13. The molecule has 4 amide bonds. The number of carbonyl (C=O) groups is 4. The average molecular weight is 753 g/mol. The number of hydrogen-bond acceptors (Lipinski definition) is 6. The molecule has 1 N–H and O–H groups in total. The largest absolute Gasteiger partial charge is 0.507 e. The van der Waals surface area contributed by atoms with E-state index in [0.717, 1.165) is 42.1 Å². The lowest BCUT2D eigenvalue weighted by Crippen LogP contribution is -2.60. The van der Waals surface area contributed by atoms with Gasteiger partial charge in [-0.2, -0.15) is 0 Å². The highest BCUT2D eigenvalue weighted by atomic mass is 35.5. The molecule has 2 aliphatic carbocycles. The summed E-state index contributed by atoms with van der Waals surface area (Å²) in [6, 6.07) is 25.6. The third kappa shape index (κ3) is 4.96. The number of aromatic hydroxyl groups is 1. The van der Waals surface area contributed by atoms with Crippen LogP contribution in [0.5, 0.6) is 5.75 Å². The van der Waals surface area contributed by atoms with Crippen molar-refractivity contribution in [3.63, 3.8) is 0 Å². The summed E-state index contributed by atoms with van der Waals surface area (Å²) < 4.78 is 14.0. The Labute approximate surface area is 315 Å². The summed E-state index contributed by atoms with van der Waals surface area (Å²) >= 11 is 15.0. The van der Waals surface area contributed by atoms with Gasteiger partial charge in [0, 0.05) is 42.5 Å². The molecule has 53 heavy (non-hydrogen) atoms. The molecule has 3 aliphatic heterocycles. The van der Waals surface area contributed by atoms with Gasteiger partial charge < -0.3 is 5.11 Å². The molecule has 3 heterocycles. The lowest BCUT2D eigenvalue weighted by molar-refractivity contribution is -0.144. The monoisotopic (exact) mass is 751 g/mol. The Hall–Kier alpha value is -4.57. The maximum Gasteiger partial charge on any atom is 0.258 e. The fraction of sp³-hybridized carbons (Fsp3) is 0.333. The zero-order valence-electron chi connectivity index (χ0n) is 28.6. The zero-order valence-corrected chi connectivity index (χ0v) is 30.1. The Balaban J connectivity index is 1.10. The molecule has 8 nitrogen and oxygen atoms in total. The first-order chi connectivity index (χ1) is 25.5. The number of alkyl halides is 2. The summed E-state index contributed by atoms with van der Waals surface area (Å²) in [6.45, 7) is 2.26. The van der Waals surface area contributed by atoms with E-state index in [1.165, 1.54) is 22.6 Å². The number of amides is 4. The van der Waals surface area contributed by atoms with Crippen LogP contribution < -0.4 is 4.90 Å². The van der Waals surface area contributed by atoms with Crippen molar-refractivity contribution in [1.82, 2.24) is 9.80 Å². The summed E-state index contributed by atoms with van der Waals surface area (Å²) in [7, 11) is 0. The molecule has 0 aromatic heterocycles. The molecule has 270 valence electrons. The summed E-state index contributed by atoms with van der Waals surface area (Å²) in [4.78, 5) is 58.6. The minimum Gasteiger partial charge on any atom is -0.507 e. The molecule has 4 aromatic carbocycles. The van der Waals surface area contributed by atoms with Crippen LogP contribution in [0, 0.1) is 23.6 Å². The van der Waals surface area contributed by atoms with Crippen molar-refractivity contribution in [2.24, 2.45) is 17.8 Å². The predicted octanol–water partition coefficient (Wildman–Crippen LogP) is 6.91. The summed E-state index contributed by atoms with van der Waals surface area (Å²) in [6.07, 6.45) is 3.22. The molecular formula is C42H36Cl2FN3O5. The Kier molecular flexibility index (Phi) is 8.07. The minimum absolute atomic E-state index is 0.101. The van der Waals surface area contributed by atoms with Crippen molar-refractivity contribution >= 4 is 63.3 Å². The quantitative estimate of drug-likeness (QED) is 0.135. The number of phenolic OH excluding ortho intramolecular Hbond substituents is 1. The number of piperidine rings is 1. The first-order valence-corrected chi connectivity index (χ1v) is 18.8. The molecule has 6 unspecified atom stereocenters. The molecule has 0 spiro atoms. The lowest BCUT2D eigenvalue weighted by Gasteiger charge is -2.50. The van der Waals surface area contributed by atoms with E-state index in [4.69, 9.17) is 23.2 Å². The smallest absolute Gasteiger partial charge is 0.258 e. The van der Waals surface area contributed by atoms with Crippen LogP contribution >= 0.6 is 23.2 Å². The van der Waals surface area contributed by atoms with E-state index in [-0.39, 0.29) is 42.1 Å². The van der Waals surface area contributed by atoms with Gasteiger partial charge in [-0.25, -0.2) is 9.29 Å². The molecule has 0 bridgehead atoms. The number of likely N-dealkylation sites (tertiary alicyclic amines) is 2. The number of rotatable bonds is 5. The van der Waals surface area contributed by atoms with Crippen LogP contribution in [0.15, 0.2) is 103 Å². The molecule has 0 radical (unpaired) electrons. The number of benzene rings is 4.